The van der Waals surface area contributed by atoms with E-state index in [1.807, 2.05) is 16.0 Å². The van der Waals surface area contributed by atoms with E-state index in [1.165, 1.54) is 39.5 Å². The van der Waals surface area contributed by atoms with Crippen LogP contribution in [-0.4, -0.2) is 93.9 Å². The number of amides is 9. The molecule has 0 aliphatic carbocycles. The summed E-state index contributed by atoms with van der Waals surface area (Å²) in [6.45, 7) is 6.04. The summed E-state index contributed by atoms with van der Waals surface area (Å²) in [7, 11) is 3.71. The lowest BCUT2D eigenvalue weighted by Gasteiger charge is -2.02. The second-order valence-electron chi connectivity index (χ2n) is 6.10. The second-order valence-corrected chi connectivity index (χ2v) is 6.10. The lowest BCUT2D eigenvalue weighted by molar-refractivity contribution is -0.114. The first-order valence-corrected chi connectivity index (χ1v) is 11.3. The molecule has 42 heavy (non-hydrogen) atoms. The van der Waals surface area contributed by atoms with Gasteiger partial charge in [-0.3, -0.25) is 30.3 Å². The van der Waals surface area contributed by atoms with Crippen LogP contribution < -0.4 is 31.9 Å². The van der Waals surface area contributed by atoms with Crippen molar-refractivity contribution in [3.63, 3.8) is 0 Å². The van der Waals surface area contributed by atoms with Crippen LogP contribution in [0.1, 0.15) is 20.8 Å². The van der Waals surface area contributed by atoms with Gasteiger partial charge in [-0.25, -0.2) is 14.4 Å². The highest BCUT2D eigenvalue weighted by molar-refractivity contribution is 6.47. The molecule has 0 saturated heterocycles. The molecule has 0 spiro atoms. The number of rotatable bonds is 9. The molecule has 9 amide bonds. The third-order valence-corrected chi connectivity index (χ3v) is 3.20. The van der Waals surface area contributed by atoms with Crippen LogP contribution in [0.15, 0.2) is 15.5 Å². The number of nitriles is 3. The Morgan fingerprint density at radius 3 is 1.21 bits per heavy atom. The molecule has 21 nitrogen and oxygen atoms in total. The Hall–Kier alpha value is -6.30. The number of hydrogen-bond donors (Lipinski definition) is 6. The minimum absolute atomic E-state index is 0.236. The molecule has 0 saturated carbocycles. The average Bonchev–Trinajstić information content (AvgIpc) is 2.95. The van der Waals surface area contributed by atoms with Gasteiger partial charge in [0.15, 0.2) is 0 Å². The molecule has 0 rings (SSSR count). The number of nitrogens with zero attached hydrogens (tertiary/aromatic N) is 6. The zero-order valence-corrected chi connectivity index (χ0v) is 23.5. The minimum atomic E-state index is -0.913. The van der Waals surface area contributed by atoms with Gasteiger partial charge in [0.05, 0.1) is 0 Å². The van der Waals surface area contributed by atoms with E-state index < -0.39 is 52.9 Å². The van der Waals surface area contributed by atoms with E-state index in [0.717, 1.165) is 0 Å². The zero-order valence-electron chi connectivity index (χ0n) is 23.5. The maximum absolute atomic E-state index is 11.2. The van der Waals surface area contributed by atoms with Crippen LogP contribution in [0.5, 0.6) is 0 Å². The summed E-state index contributed by atoms with van der Waals surface area (Å²) >= 11 is 0. The summed E-state index contributed by atoms with van der Waals surface area (Å²) in [6, 6.07) is 2.38. The standard InChI is InChI=1S/C8H12N4O3.C7H10N4O3.C6H8N4O3/c1-3-10-8(14)11-7(13)6(5-9)12-15-4-2;1-3-9-7(13)10-6(12)5(4-8)11-14-2;1-8-6(12)9-5(11)4(3-7)10-13-2/h3-4H2,1-2H3,(H2,10,11,13,14);3H2,1-2H3,(H2,9,10,12,13);1-2H3,(H2,8,9,11,12). The molecule has 0 unspecified atom stereocenters. The molecule has 6 N–H and O–H groups in total. The SMILES string of the molecule is CCNC(=O)NC(=O)C(C#N)=NOC.CCNC(=O)NC(=O)C(C#N)=NOCC.CNC(=O)NC(=O)C(C#N)=NOC. The molecule has 0 aromatic rings. The van der Waals surface area contributed by atoms with E-state index in [0.29, 0.717) is 13.1 Å². The fourth-order valence-electron chi connectivity index (χ4n) is 1.61. The summed E-state index contributed by atoms with van der Waals surface area (Å²) in [5.41, 5.74) is -1.53. The quantitative estimate of drug-likeness (QED) is 0.126. The average molecular weight is 595 g/mol. The Labute approximate surface area is 239 Å². The summed E-state index contributed by atoms with van der Waals surface area (Å²) in [4.78, 5) is 78.4. The van der Waals surface area contributed by atoms with Crippen molar-refractivity contribution in [2.24, 2.45) is 15.5 Å². The van der Waals surface area contributed by atoms with Crippen molar-refractivity contribution in [2.75, 3.05) is 41.0 Å². The summed E-state index contributed by atoms with van der Waals surface area (Å²) in [5.74, 6) is -2.71. The topological polar surface area (TPSA) is 311 Å². The molecular formula is C21H30N12O9. The van der Waals surface area contributed by atoms with Crippen molar-refractivity contribution in [2.45, 2.75) is 20.8 Å². The monoisotopic (exact) mass is 594 g/mol. The van der Waals surface area contributed by atoms with Gasteiger partial charge in [0.1, 0.15) is 39.0 Å². The molecule has 0 bridgehead atoms. The fourth-order valence-corrected chi connectivity index (χ4v) is 1.61. The number of hydrogen-bond acceptors (Lipinski definition) is 15. The van der Waals surface area contributed by atoms with Crippen LogP contribution in [0.3, 0.4) is 0 Å². The van der Waals surface area contributed by atoms with E-state index in [9.17, 15) is 28.8 Å². The van der Waals surface area contributed by atoms with Crippen molar-refractivity contribution in [3.05, 3.63) is 0 Å². The first-order valence-electron chi connectivity index (χ1n) is 11.3. The third-order valence-electron chi connectivity index (χ3n) is 3.20. The number of imide groups is 3. The Bertz CT molecular complexity index is 1160. The molecule has 0 fully saturated rings. The highest BCUT2D eigenvalue weighted by Crippen LogP contribution is 1.82. The van der Waals surface area contributed by atoms with Gasteiger partial charge in [0, 0.05) is 20.1 Å². The molecule has 0 radical (unpaired) electrons. The van der Waals surface area contributed by atoms with Crippen LogP contribution in [0.4, 0.5) is 14.4 Å². The number of carbonyl (C=O) groups excluding carboxylic acids is 6. The van der Waals surface area contributed by atoms with Gasteiger partial charge in [-0.05, 0) is 20.8 Å². The summed E-state index contributed by atoms with van der Waals surface area (Å²) in [6.07, 6.45) is 0. The maximum Gasteiger partial charge on any atom is 0.321 e. The lowest BCUT2D eigenvalue weighted by atomic mass is 10.4. The van der Waals surface area contributed by atoms with E-state index in [4.69, 9.17) is 15.8 Å². The normalized spacial score (nSPS) is 9.93. The van der Waals surface area contributed by atoms with Crippen molar-refractivity contribution in [1.29, 1.82) is 15.8 Å². The highest BCUT2D eigenvalue weighted by Gasteiger charge is 2.16. The maximum atomic E-state index is 11.2. The van der Waals surface area contributed by atoms with Crippen LogP contribution in [-0.2, 0) is 28.9 Å². The van der Waals surface area contributed by atoms with Crippen LogP contribution in [0.2, 0.25) is 0 Å². The third kappa shape index (κ3) is 20.7. The molecule has 0 heterocycles. The van der Waals surface area contributed by atoms with Crippen LogP contribution >= 0.6 is 0 Å². The number of urea groups is 3. The largest absolute Gasteiger partial charge is 0.398 e. The van der Waals surface area contributed by atoms with Gasteiger partial charge >= 0.3 is 18.1 Å². The Morgan fingerprint density at radius 1 is 0.619 bits per heavy atom. The molecule has 0 aromatic carbocycles. The summed E-state index contributed by atoms with van der Waals surface area (Å²) in [5, 5.41) is 47.2. The van der Waals surface area contributed by atoms with E-state index in [-0.39, 0.29) is 6.61 Å². The van der Waals surface area contributed by atoms with Crippen LogP contribution in [0, 0.1) is 34.0 Å². The number of nitrogens with one attached hydrogen (secondary N) is 6. The highest BCUT2D eigenvalue weighted by atomic mass is 16.6. The van der Waals surface area contributed by atoms with E-state index >= 15 is 0 Å². The van der Waals surface area contributed by atoms with Gasteiger partial charge in [-0.1, -0.05) is 15.5 Å². The van der Waals surface area contributed by atoms with Gasteiger partial charge in [-0.15, -0.1) is 0 Å². The van der Waals surface area contributed by atoms with Crippen LogP contribution in [0.25, 0.3) is 0 Å². The van der Waals surface area contributed by atoms with Gasteiger partial charge in [0.2, 0.25) is 17.1 Å². The molecular weight excluding hydrogens is 564 g/mol. The first kappa shape index (κ1) is 40.2. The second kappa shape index (κ2) is 26.3. The number of oxime groups is 3. The molecule has 0 aliphatic rings. The van der Waals surface area contributed by atoms with E-state index in [1.54, 1.807) is 20.8 Å². The molecule has 0 aliphatic heterocycles. The van der Waals surface area contributed by atoms with Crippen molar-refractivity contribution < 1.29 is 43.3 Å². The molecule has 228 valence electrons. The van der Waals surface area contributed by atoms with Gasteiger partial charge < -0.3 is 30.5 Å². The summed E-state index contributed by atoms with van der Waals surface area (Å²) < 4.78 is 0. The molecule has 0 aromatic heterocycles. The Balaban J connectivity index is -0.000000545. The van der Waals surface area contributed by atoms with Crippen molar-refractivity contribution >= 4 is 52.9 Å². The van der Waals surface area contributed by atoms with Crippen molar-refractivity contribution in [3.8, 4) is 18.2 Å². The Kier molecular flexibility index (Phi) is 25.2. The van der Waals surface area contributed by atoms with Crippen molar-refractivity contribution in [1.82, 2.24) is 31.9 Å². The van der Waals surface area contributed by atoms with E-state index in [2.05, 4.69) is 45.9 Å². The fraction of sp³-hybridized carbons (Fsp3) is 0.429. The predicted molar refractivity (Wildman–Crippen MR) is 142 cm³/mol. The van der Waals surface area contributed by atoms with Gasteiger partial charge in [-0.2, -0.15) is 15.8 Å². The molecule has 21 heteroatoms. The minimum Gasteiger partial charge on any atom is -0.398 e. The predicted octanol–water partition coefficient (Wildman–Crippen LogP) is -1.93. The lowest BCUT2D eigenvalue weighted by Crippen LogP contribution is -2.42. The first-order chi connectivity index (χ1) is 20.0. The smallest absolute Gasteiger partial charge is 0.321 e. The zero-order chi connectivity index (χ0) is 32.9. The molecule has 0 atom stereocenters. The Morgan fingerprint density at radius 2 is 0.952 bits per heavy atom. The number of carbonyl (C=O) groups is 6. The van der Waals surface area contributed by atoms with Gasteiger partial charge in [0.25, 0.3) is 17.7 Å².